The zero-order valence-corrected chi connectivity index (χ0v) is 13.5. The smallest absolute Gasteiger partial charge is 0.0698 e. The quantitative estimate of drug-likeness (QED) is 0.937. The van der Waals surface area contributed by atoms with Gasteiger partial charge < -0.3 is 5.32 Å². The molecular weight excluding hydrogens is 313 g/mol. The second kappa shape index (κ2) is 8.60. The average molecular weight is 332 g/mol. The molecular formula is C14H19Cl2N3S. The summed E-state index contributed by atoms with van der Waals surface area (Å²) in [5.74, 6) is 0. The molecule has 0 unspecified atom stereocenters. The summed E-state index contributed by atoms with van der Waals surface area (Å²) in [6.07, 6.45) is 3.77. The van der Waals surface area contributed by atoms with E-state index >= 15 is 0 Å². The van der Waals surface area contributed by atoms with Crippen molar-refractivity contribution >= 4 is 36.2 Å². The molecule has 110 valence electrons. The van der Waals surface area contributed by atoms with Crippen LogP contribution in [0.5, 0.6) is 0 Å². The molecule has 1 saturated heterocycles. The van der Waals surface area contributed by atoms with Gasteiger partial charge in [0.15, 0.2) is 0 Å². The highest BCUT2D eigenvalue weighted by Crippen LogP contribution is 2.31. The van der Waals surface area contributed by atoms with Gasteiger partial charge in [-0.15, -0.1) is 36.2 Å². The predicted molar refractivity (Wildman–Crippen MR) is 89.3 cm³/mol. The van der Waals surface area contributed by atoms with Crippen molar-refractivity contribution in [2.45, 2.75) is 6.04 Å². The van der Waals surface area contributed by atoms with E-state index in [9.17, 15) is 0 Å². The third-order valence-electron chi connectivity index (χ3n) is 3.35. The summed E-state index contributed by atoms with van der Waals surface area (Å²) in [6.45, 7) is 4.36. The molecule has 3 heterocycles. The van der Waals surface area contributed by atoms with Crippen molar-refractivity contribution in [3.8, 4) is 0 Å². The Balaban J connectivity index is 0.000001000. The first kappa shape index (κ1) is 17.4. The largest absolute Gasteiger partial charge is 0.314 e. The maximum atomic E-state index is 4.13. The van der Waals surface area contributed by atoms with Gasteiger partial charge in [-0.3, -0.25) is 9.88 Å². The SMILES string of the molecule is Cl.Cl.c1csc([C@@H](c2ccncc2)N2CCNCC2)c1. The first-order chi connectivity index (χ1) is 8.95. The summed E-state index contributed by atoms with van der Waals surface area (Å²) in [7, 11) is 0. The Kier molecular flexibility index (Phi) is 7.48. The van der Waals surface area contributed by atoms with Crippen LogP contribution in [0.3, 0.4) is 0 Å². The number of hydrogen-bond donors (Lipinski definition) is 1. The van der Waals surface area contributed by atoms with Crippen molar-refractivity contribution in [2.24, 2.45) is 0 Å². The van der Waals surface area contributed by atoms with Crippen LogP contribution in [-0.2, 0) is 0 Å². The number of nitrogens with zero attached hydrogens (tertiary/aromatic N) is 2. The maximum Gasteiger partial charge on any atom is 0.0698 e. The Morgan fingerprint density at radius 3 is 2.40 bits per heavy atom. The topological polar surface area (TPSA) is 28.2 Å². The van der Waals surface area contributed by atoms with Crippen LogP contribution in [-0.4, -0.2) is 36.1 Å². The second-order valence-corrected chi connectivity index (χ2v) is 5.46. The molecule has 1 aliphatic rings. The summed E-state index contributed by atoms with van der Waals surface area (Å²) >= 11 is 1.84. The molecule has 2 aromatic heterocycles. The zero-order valence-electron chi connectivity index (χ0n) is 11.1. The highest BCUT2D eigenvalue weighted by atomic mass is 35.5. The predicted octanol–water partition coefficient (Wildman–Crippen LogP) is 2.98. The maximum absolute atomic E-state index is 4.13. The van der Waals surface area contributed by atoms with Crippen LogP contribution in [0, 0.1) is 0 Å². The summed E-state index contributed by atoms with van der Waals surface area (Å²) in [5.41, 5.74) is 1.34. The highest BCUT2D eigenvalue weighted by Gasteiger charge is 2.24. The van der Waals surface area contributed by atoms with Crippen molar-refractivity contribution in [2.75, 3.05) is 26.2 Å². The monoisotopic (exact) mass is 331 g/mol. The molecule has 1 fully saturated rings. The molecule has 20 heavy (non-hydrogen) atoms. The van der Waals surface area contributed by atoms with E-state index in [4.69, 9.17) is 0 Å². The standard InChI is InChI=1S/C14H17N3S.2ClH/c1-2-13(18-11-1)14(12-3-5-15-6-4-12)17-9-7-16-8-10-17;;/h1-6,11,14,16H,7-10H2;2*1H/t14-;;/m1../s1. The van der Waals surface area contributed by atoms with Gasteiger partial charge in [-0.2, -0.15) is 0 Å². The van der Waals surface area contributed by atoms with Gasteiger partial charge in [0, 0.05) is 43.4 Å². The van der Waals surface area contributed by atoms with Gasteiger partial charge in [0.25, 0.3) is 0 Å². The number of rotatable bonds is 3. The number of nitrogens with one attached hydrogen (secondary N) is 1. The molecule has 3 nitrogen and oxygen atoms in total. The van der Waals surface area contributed by atoms with Gasteiger partial charge in [0.1, 0.15) is 0 Å². The molecule has 6 heteroatoms. The van der Waals surface area contributed by atoms with Crippen molar-refractivity contribution in [3.05, 3.63) is 52.5 Å². The number of aromatic nitrogens is 1. The minimum atomic E-state index is 0. The van der Waals surface area contributed by atoms with Crippen LogP contribution >= 0.6 is 36.2 Å². The van der Waals surface area contributed by atoms with Crippen molar-refractivity contribution in [1.29, 1.82) is 0 Å². The molecule has 0 aromatic carbocycles. The Hall–Kier alpha value is -0.650. The minimum Gasteiger partial charge on any atom is -0.314 e. The molecule has 1 atom stereocenters. The Bertz CT molecular complexity index is 472. The van der Waals surface area contributed by atoms with Crippen molar-refractivity contribution < 1.29 is 0 Å². The van der Waals surface area contributed by atoms with E-state index in [1.54, 1.807) is 0 Å². The third-order valence-corrected chi connectivity index (χ3v) is 4.28. The molecule has 2 aromatic rings. The third kappa shape index (κ3) is 3.93. The number of thiophene rings is 1. The lowest BCUT2D eigenvalue weighted by Crippen LogP contribution is -2.45. The van der Waals surface area contributed by atoms with Gasteiger partial charge in [0.2, 0.25) is 0 Å². The molecule has 0 spiro atoms. The van der Waals surface area contributed by atoms with Gasteiger partial charge in [-0.25, -0.2) is 0 Å². The van der Waals surface area contributed by atoms with Crippen molar-refractivity contribution in [3.63, 3.8) is 0 Å². The summed E-state index contributed by atoms with van der Waals surface area (Å²) in [4.78, 5) is 8.10. The number of piperazine rings is 1. The molecule has 3 rings (SSSR count). The Morgan fingerprint density at radius 1 is 1.10 bits per heavy atom. The Morgan fingerprint density at radius 2 is 1.80 bits per heavy atom. The molecule has 1 N–H and O–H groups in total. The fraction of sp³-hybridized carbons (Fsp3) is 0.357. The van der Waals surface area contributed by atoms with Gasteiger partial charge in [-0.1, -0.05) is 6.07 Å². The molecule has 0 saturated carbocycles. The van der Waals surface area contributed by atoms with Crippen molar-refractivity contribution in [1.82, 2.24) is 15.2 Å². The highest BCUT2D eigenvalue weighted by molar-refractivity contribution is 7.10. The van der Waals surface area contributed by atoms with E-state index in [-0.39, 0.29) is 24.8 Å². The zero-order chi connectivity index (χ0) is 12.2. The first-order valence-electron chi connectivity index (χ1n) is 6.33. The molecule has 1 aliphatic heterocycles. The average Bonchev–Trinajstić information content (AvgIpc) is 2.95. The summed E-state index contributed by atoms with van der Waals surface area (Å²) < 4.78 is 0. The lowest BCUT2D eigenvalue weighted by atomic mass is 10.0. The second-order valence-electron chi connectivity index (χ2n) is 4.48. The van der Waals surface area contributed by atoms with E-state index in [1.165, 1.54) is 10.4 Å². The number of hydrogen-bond acceptors (Lipinski definition) is 4. The molecule has 0 amide bonds. The van der Waals surface area contributed by atoms with Crippen LogP contribution in [0.25, 0.3) is 0 Å². The molecule has 0 bridgehead atoms. The van der Waals surface area contributed by atoms with Crippen LogP contribution in [0.2, 0.25) is 0 Å². The van der Waals surface area contributed by atoms with Crippen LogP contribution in [0.1, 0.15) is 16.5 Å². The lowest BCUT2D eigenvalue weighted by Gasteiger charge is -2.34. The van der Waals surface area contributed by atoms with Crippen LogP contribution in [0.15, 0.2) is 42.0 Å². The number of pyridine rings is 1. The number of halogens is 2. The molecule has 0 radical (unpaired) electrons. The summed E-state index contributed by atoms with van der Waals surface area (Å²) in [5, 5.41) is 5.57. The van der Waals surface area contributed by atoms with Crippen LogP contribution in [0.4, 0.5) is 0 Å². The normalized spacial score (nSPS) is 16.8. The van der Waals surface area contributed by atoms with E-state index < -0.39 is 0 Å². The van der Waals surface area contributed by atoms with Crippen LogP contribution < -0.4 is 5.32 Å². The minimum absolute atomic E-state index is 0. The van der Waals surface area contributed by atoms with E-state index in [2.05, 4.69) is 44.8 Å². The van der Waals surface area contributed by atoms with E-state index in [0.29, 0.717) is 6.04 Å². The summed E-state index contributed by atoms with van der Waals surface area (Å²) in [6, 6.07) is 9.02. The molecule has 0 aliphatic carbocycles. The lowest BCUT2D eigenvalue weighted by molar-refractivity contribution is 0.200. The first-order valence-corrected chi connectivity index (χ1v) is 7.21. The fourth-order valence-electron chi connectivity index (χ4n) is 2.49. The van der Waals surface area contributed by atoms with Gasteiger partial charge in [-0.05, 0) is 29.1 Å². The Labute approximate surface area is 136 Å². The van der Waals surface area contributed by atoms with E-state index in [0.717, 1.165) is 26.2 Å². The fourth-order valence-corrected chi connectivity index (χ4v) is 3.37. The van der Waals surface area contributed by atoms with Gasteiger partial charge >= 0.3 is 0 Å². The van der Waals surface area contributed by atoms with E-state index in [1.807, 2.05) is 23.7 Å². The van der Waals surface area contributed by atoms with Gasteiger partial charge in [0.05, 0.1) is 6.04 Å².